The Morgan fingerprint density at radius 1 is 0.833 bits per heavy atom. The van der Waals surface area contributed by atoms with Gasteiger partial charge in [-0.2, -0.15) is 0 Å². The molecule has 3 N–H and O–H groups in total. The fourth-order valence-corrected chi connectivity index (χ4v) is 6.75. The van der Waals surface area contributed by atoms with Crippen LogP contribution < -0.4 is 9.44 Å². The number of hydrogen-bond acceptors (Lipinski definition) is 6. The van der Waals surface area contributed by atoms with Crippen LogP contribution in [0.15, 0.2) is 64.4 Å². The number of pyridine rings is 1. The highest BCUT2D eigenvalue weighted by molar-refractivity contribution is 7.93. The molecule has 1 aromatic heterocycles. The maximum atomic E-state index is 14.4. The van der Waals surface area contributed by atoms with Gasteiger partial charge in [-0.05, 0) is 74.4 Å². The molecule has 3 aromatic carbocycles. The summed E-state index contributed by atoms with van der Waals surface area (Å²) in [6, 6.07) is 13.4. The Labute approximate surface area is 219 Å². The zero-order chi connectivity index (χ0) is 26.6. The molecule has 0 saturated carbocycles. The highest BCUT2D eigenvalue weighted by atomic mass is 35.5. The highest BCUT2D eigenvalue weighted by Crippen LogP contribution is 2.43. The van der Waals surface area contributed by atoms with Crippen molar-refractivity contribution in [1.29, 1.82) is 0 Å². The molecule has 0 bridgehead atoms. The number of aromatic hydroxyl groups is 1. The minimum atomic E-state index is -4.58. The summed E-state index contributed by atoms with van der Waals surface area (Å²) in [7, 11) is -9.10. The molecular formula is C24H21Cl2N3O5S2. The number of halogens is 2. The van der Waals surface area contributed by atoms with Gasteiger partial charge in [0.1, 0.15) is 10.4 Å². The smallest absolute Gasteiger partial charge is 0.269 e. The van der Waals surface area contributed by atoms with Crippen LogP contribution in [0.1, 0.15) is 16.8 Å². The number of benzene rings is 3. The highest BCUT2D eigenvalue weighted by Gasteiger charge is 2.34. The third-order valence-electron chi connectivity index (χ3n) is 5.76. The second-order valence-corrected chi connectivity index (χ2v) is 12.3. The quantitative estimate of drug-likeness (QED) is 0.335. The monoisotopic (exact) mass is 565 g/mol. The van der Waals surface area contributed by atoms with Crippen molar-refractivity contribution in [2.75, 3.05) is 4.31 Å². The SMILES string of the molecule is Cc1ccc2c(S(=O)(=O)N(c3cccc(Cl)c3C)c3cccc(Cl)c3C)cc(S(N)(=O)=O)c(O)c2n1. The minimum absolute atomic E-state index is 0.00913. The van der Waals surface area contributed by atoms with Crippen LogP contribution in [-0.4, -0.2) is 26.9 Å². The fourth-order valence-electron chi connectivity index (χ4n) is 3.87. The Morgan fingerprint density at radius 2 is 1.36 bits per heavy atom. The van der Waals surface area contributed by atoms with Crippen molar-refractivity contribution in [2.24, 2.45) is 5.14 Å². The van der Waals surface area contributed by atoms with Crippen molar-refractivity contribution < 1.29 is 21.9 Å². The van der Waals surface area contributed by atoms with E-state index in [1.807, 2.05) is 0 Å². The van der Waals surface area contributed by atoms with Gasteiger partial charge in [-0.1, -0.05) is 35.3 Å². The lowest BCUT2D eigenvalue weighted by molar-refractivity contribution is 0.463. The topological polar surface area (TPSA) is 131 Å². The molecule has 0 aliphatic heterocycles. The van der Waals surface area contributed by atoms with Gasteiger partial charge in [-0.15, -0.1) is 0 Å². The van der Waals surface area contributed by atoms with E-state index in [1.165, 1.54) is 6.07 Å². The molecule has 4 aromatic rings. The molecule has 0 unspecified atom stereocenters. The Morgan fingerprint density at radius 3 is 1.86 bits per heavy atom. The number of sulfonamides is 2. The summed E-state index contributed by atoms with van der Waals surface area (Å²) in [5, 5.41) is 16.7. The second kappa shape index (κ2) is 9.20. The van der Waals surface area contributed by atoms with Gasteiger partial charge in [0.15, 0.2) is 5.75 Å². The van der Waals surface area contributed by atoms with Crippen LogP contribution in [0, 0.1) is 20.8 Å². The summed E-state index contributed by atoms with van der Waals surface area (Å²) < 4.78 is 54.6. The van der Waals surface area contributed by atoms with E-state index < -0.39 is 35.6 Å². The largest absolute Gasteiger partial charge is 0.504 e. The molecule has 0 amide bonds. The first-order chi connectivity index (χ1) is 16.7. The van der Waals surface area contributed by atoms with Gasteiger partial charge in [0, 0.05) is 21.1 Å². The summed E-state index contributed by atoms with van der Waals surface area (Å²) in [6.45, 7) is 4.94. The van der Waals surface area contributed by atoms with Crippen LogP contribution >= 0.6 is 23.2 Å². The molecule has 0 radical (unpaired) electrons. The number of hydrogen-bond donors (Lipinski definition) is 2. The van der Waals surface area contributed by atoms with Crippen LogP contribution in [0.2, 0.25) is 10.0 Å². The number of fused-ring (bicyclic) bond motifs is 1. The summed E-state index contributed by atoms with van der Waals surface area (Å²) in [5.41, 5.74) is 1.60. The first kappa shape index (κ1) is 26.2. The normalized spacial score (nSPS) is 12.2. The molecule has 0 fully saturated rings. The maximum Gasteiger partial charge on any atom is 0.269 e. The number of phenols is 1. The number of primary sulfonamides is 1. The Balaban J connectivity index is 2.18. The van der Waals surface area contributed by atoms with Gasteiger partial charge < -0.3 is 5.11 Å². The van der Waals surface area contributed by atoms with Crippen molar-refractivity contribution >= 4 is 65.5 Å². The van der Waals surface area contributed by atoms with Crippen LogP contribution in [0.25, 0.3) is 10.9 Å². The Kier molecular flexibility index (Phi) is 6.69. The molecule has 0 spiro atoms. The van der Waals surface area contributed by atoms with Gasteiger partial charge in [0.05, 0.1) is 16.3 Å². The summed E-state index contributed by atoms with van der Waals surface area (Å²) in [5.74, 6) is -0.737. The number of rotatable bonds is 5. The lowest BCUT2D eigenvalue weighted by Crippen LogP contribution is -2.28. The molecule has 0 saturated heterocycles. The van der Waals surface area contributed by atoms with Crippen LogP contribution in [0.5, 0.6) is 5.75 Å². The Bertz CT molecular complexity index is 1710. The van der Waals surface area contributed by atoms with Crippen LogP contribution in [0.3, 0.4) is 0 Å². The first-order valence-electron chi connectivity index (χ1n) is 10.5. The van der Waals surface area contributed by atoms with Gasteiger partial charge in [-0.3, -0.25) is 0 Å². The summed E-state index contributed by atoms with van der Waals surface area (Å²) in [4.78, 5) is 3.00. The predicted molar refractivity (Wildman–Crippen MR) is 141 cm³/mol. The van der Waals surface area contributed by atoms with Crippen molar-refractivity contribution in [2.45, 2.75) is 30.6 Å². The lowest BCUT2D eigenvalue weighted by atomic mass is 10.1. The molecule has 0 aliphatic rings. The third-order valence-corrected chi connectivity index (χ3v) is 9.27. The molecule has 1 heterocycles. The van der Waals surface area contributed by atoms with Gasteiger partial charge in [-0.25, -0.2) is 31.3 Å². The van der Waals surface area contributed by atoms with E-state index in [-0.39, 0.29) is 22.3 Å². The van der Waals surface area contributed by atoms with E-state index >= 15 is 0 Å². The van der Waals surface area contributed by atoms with E-state index in [0.29, 0.717) is 26.9 Å². The standard InChI is InChI=1S/C24H21Cl2N3O5S2/c1-13-10-11-16-21(12-22(35(27,31)32)24(30)23(16)28-13)36(33,34)29(19-8-4-6-17(25)14(19)2)20-9-5-7-18(26)15(20)3/h4-12,30H,1-3H3,(H2,27,31,32). The van der Waals surface area contributed by atoms with E-state index in [4.69, 9.17) is 28.3 Å². The molecule has 4 rings (SSSR count). The van der Waals surface area contributed by atoms with Crippen molar-refractivity contribution in [3.8, 4) is 5.75 Å². The predicted octanol–water partition coefficient (Wildman–Crippen LogP) is 5.35. The van der Waals surface area contributed by atoms with E-state index in [9.17, 15) is 21.9 Å². The molecule has 0 aliphatic carbocycles. The lowest BCUT2D eigenvalue weighted by Gasteiger charge is -2.29. The average molecular weight is 566 g/mol. The van der Waals surface area contributed by atoms with Crippen molar-refractivity contribution in [3.63, 3.8) is 0 Å². The molecule has 188 valence electrons. The second-order valence-electron chi connectivity index (χ2n) is 8.15. The summed E-state index contributed by atoms with van der Waals surface area (Å²) in [6.07, 6.45) is 0. The van der Waals surface area contributed by atoms with Gasteiger partial charge in [0.2, 0.25) is 10.0 Å². The van der Waals surface area contributed by atoms with E-state index in [1.54, 1.807) is 63.2 Å². The number of aryl methyl sites for hydroxylation is 1. The van der Waals surface area contributed by atoms with E-state index in [2.05, 4.69) is 4.98 Å². The average Bonchev–Trinajstić information content (AvgIpc) is 2.79. The van der Waals surface area contributed by atoms with Crippen LogP contribution in [0.4, 0.5) is 11.4 Å². The van der Waals surface area contributed by atoms with Crippen molar-refractivity contribution in [1.82, 2.24) is 4.98 Å². The minimum Gasteiger partial charge on any atom is -0.504 e. The summed E-state index contributed by atoms with van der Waals surface area (Å²) >= 11 is 12.7. The maximum absolute atomic E-state index is 14.4. The molecule has 36 heavy (non-hydrogen) atoms. The Hall–Kier alpha value is -2.89. The van der Waals surface area contributed by atoms with Crippen molar-refractivity contribution in [3.05, 3.63) is 81.5 Å². The molecule has 12 heteroatoms. The number of anilines is 2. The number of phenolic OH excluding ortho intramolecular Hbond substituents is 1. The zero-order valence-corrected chi connectivity index (χ0v) is 22.5. The molecular weight excluding hydrogens is 545 g/mol. The van der Waals surface area contributed by atoms with Gasteiger partial charge >= 0.3 is 0 Å². The van der Waals surface area contributed by atoms with Gasteiger partial charge in [0.25, 0.3) is 10.0 Å². The molecule has 8 nitrogen and oxygen atoms in total. The van der Waals surface area contributed by atoms with Crippen LogP contribution in [-0.2, 0) is 20.0 Å². The number of nitrogens with zero attached hydrogens (tertiary/aromatic N) is 2. The number of aromatic nitrogens is 1. The zero-order valence-electron chi connectivity index (χ0n) is 19.3. The fraction of sp³-hybridized carbons (Fsp3) is 0.125. The molecule has 0 atom stereocenters. The third kappa shape index (κ3) is 4.39. The first-order valence-corrected chi connectivity index (χ1v) is 14.2. The van der Waals surface area contributed by atoms with E-state index in [0.717, 1.165) is 10.4 Å². The number of nitrogens with two attached hydrogens (primary N) is 1.